The Morgan fingerprint density at radius 2 is 1.92 bits per heavy atom. The van der Waals surface area contributed by atoms with Gasteiger partial charge in [0.2, 0.25) is 0 Å². The Bertz CT molecular complexity index is 1050. The predicted molar refractivity (Wildman–Crippen MR) is 97.7 cm³/mol. The number of para-hydroxylation sites is 2. The van der Waals surface area contributed by atoms with E-state index in [1.807, 2.05) is 48.1 Å². The largest absolute Gasteiger partial charge is 0.481 e. The van der Waals surface area contributed by atoms with Gasteiger partial charge in [-0.25, -0.2) is 9.97 Å². The van der Waals surface area contributed by atoms with Gasteiger partial charge in [-0.15, -0.1) is 11.3 Å². The summed E-state index contributed by atoms with van der Waals surface area (Å²) in [5.41, 5.74) is 4.81. The predicted octanol–water partition coefficient (Wildman–Crippen LogP) is 3.84. The molecule has 0 spiro atoms. The van der Waals surface area contributed by atoms with Crippen molar-refractivity contribution in [1.82, 2.24) is 14.5 Å². The summed E-state index contributed by atoms with van der Waals surface area (Å²) in [6.07, 6.45) is 1.80. The van der Waals surface area contributed by atoms with Crippen molar-refractivity contribution in [3.63, 3.8) is 0 Å². The van der Waals surface area contributed by atoms with Crippen LogP contribution in [-0.2, 0) is 17.8 Å². The molecule has 4 rings (SSSR count). The lowest BCUT2D eigenvalue weighted by Crippen LogP contribution is -2.01. The van der Waals surface area contributed by atoms with Crippen molar-refractivity contribution in [2.75, 3.05) is 0 Å². The molecule has 0 saturated carbocycles. The number of fused-ring (bicyclic) bond motifs is 1. The molecule has 1 N–H and O–H groups in total. The number of thiazole rings is 1. The van der Waals surface area contributed by atoms with E-state index in [2.05, 4.69) is 26.7 Å². The quantitative estimate of drug-likeness (QED) is 0.594. The fraction of sp³-hybridized carbons (Fsp3) is 0.105. The van der Waals surface area contributed by atoms with Crippen LogP contribution < -0.4 is 0 Å². The van der Waals surface area contributed by atoms with Crippen LogP contribution >= 0.6 is 11.3 Å². The van der Waals surface area contributed by atoms with Gasteiger partial charge in [-0.3, -0.25) is 4.79 Å². The maximum Gasteiger partial charge on any atom is 0.309 e. The first-order valence-corrected chi connectivity index (χ1v) is 8.73. The highest BCUT2D eigenvalue weighted by Crippen LogP contribution is 2.28. The van der Waals surface area contributed by atoms with Crippen molar-refractivity contribution in [2.45, 2.75) is 13.0 Å². The van der Waals surface area contributed by atoms with Crippen LogP contribution in [0.25, 0.3) is 21.6 Å². The van der Waals surface area contributed by atoms with Gasteiger partial charge in [0.15, 0.2) is 0 Å². The third-order valence-corrected chi connectivity index (χ3v) is 4.92. The first-order valence-electron chi connectivity index (χ1n) is 7.85. The lowest BCUT2D eigenvalue weighted by molar-refractivity contribution is -0.136. The molecular formula is C19H15N3O2S. The van der Waals surface area contributed by atoms with E-state index in [0.717, 1.165) is 27.2 Å². The zero-order valence-corrected chi connectivity index (χ0v) is 14.1. The number of nitrogens with zero attached hydrogens (tertiary/aromatic N) is 3. The van der Waals surface area contributed by atoms with Crippen LogP contribution in [-0.4, -0.2) is 25.6 Å². The van der Waals surface area contributed by atoms with Gasteiger partial charge < -0.3 is 9.67 Å². The average molecular weight is 349 g/mol. The van der Waals surface area contributed by atoms with Gasteiger partial charge in [-0.1, -0.05) is 36.4 Å². The summed E-state index contributed by atoms with van der Waals surface area (Å²) >= 11 is 1.48. The van der Waals surface area contributed by atoms with E-state index in [4.69, 9.17) is 5.11 Å². The normalized spacial score (nSPS) is 11.0. The van der Waals surface area contributed by atoms with E-state index in [1.54, 1.807) is 0 Å². The van der Waals surface area contributed by atoms with Crippen LogP contribution in [0.1, 0.15) is 11.3 Å². The number of rotatable bonds is 5. The summed E-state index contributed by atoms with van der Waals surface area (Å²) in [7, 11) is 0. The molecular weight excluding hydrogens is 334 g/mol. The van der Waals surface area contributed by atoms with E-state index >= 15 is 0 Å². The van der Waals surface area contributed by atoms with E-state index in [1.165, 1.54) is 11.3 Å². The second-order valence-corrected chi connectivity index (χ2v) is 6.59. The molecule has 25 heavy (non-hydrogen) atoms. The van der Waals surface area contributed by atoms with Gasteiger partial charge in [-0.2, -0.15) is 0 Å². The minimum absolute atomic E-state index is 0.0508. The molecule has 5 nitrogen and oxygen atoms in total. The molecule has 0 amide bonds. The lowest BCUT2D eigenvalue weighted by Gasteiger charge is -2.09. The lowest BCUT2D eigenvalue weighted by atomic mass is 10.1. The Labute approximate surface area is 148 Å². The number of aliphatic carboxylic acids is 1. The van der Waals surface area contributed by atoms with Crippen LogP contribution in [0.4, 0.5) is 0 Å². The molecule has 0 atom stereocenters. The standard InChI is InChI=1S/C19H15N3O2S/c23-18(24)9-14-11-25-19(21-14)15-6-2-1-5-13(15)10-22-12-20-16-7-3-4-8-17(16)22/h1-8,11-12H,9-10H2,(H,23,24). The van der Waals surface area contributed by atoms with Crippen molar-refractivity contribution < 1.29 is 9.90 Å². The monoisotopic (exact) mass is 349 g/mol. The summed E-state index contributed by atoms with van der Waals surface area (Å²) in [6.45, 7) is 0.685. The Kier molecular flexibility index (Phi) is 4.03. The highest BCUT2D eigenvalue weighted by molar-refractivity contribution is 7.13. The maximum atomic E-state index is 10.9. The summed E-state index contributed by atoms with van der Waals surface area (Å²) < 4.78 is 2.11. The Hall–Kier alpha value is -2.99. The summed E-state index contributed by atoms with van der Waals surface area (Å²) in [5.74, 6) is -0.866. The molecule has 0 fully saturated rings. The zero-order chi connectivity index (χ0) is 17.2. The van der Waals surface area contributed by atoms with E-state index in [0.29, 0.717) is 12.2 Å². The number of carboxylic acid groups (broad SMARTS) is 1. The SMILES string of the molecule is O=C(O)Cc1csc(-c2ccccc2Cn2cnc3ccccc32)n1. The van der Waals surface area contributed by atoms with Crippen LogP contribution in [0.2, 0.25) is 0 Å². The van der Waals surface area contributed by atoms with E-state index in [9.17, 15) is 4.79 Å². The summed E-state index contributed by atoms with van der Waals surface area (Å²) in [6, 6.07) is 16.1. The summed E-state index contributed by atoms with van der Waals surface area (Å²) in [4.78, 5) is 19.8. The molecule has 0 bridgehead atoms. The highest BCUT2D eigenvalue weighted by atomic mass is 32.1. The Balaban J connectivity index is 1.69. The zero-order valence-electron chi connectivity index (χ0n) is 13.3. The number of hydrogen-bond donors (Lipinski definition) is 1. The van der Waals surface area contributed by atoms with Gasteiger partial charge in [0, 0.05) is 17.5 Å². The third kappa shape index (κ3) is 3.16. The van der Waals surface area contributed by atoms with E-state index in [-0.39, 0.29) is 6.42 Å². The minimum atomic E-state index is -0.866. The first kappa shape index (κ1) is 15.5. The van der Waals surface area contributed by atoms with Crippen LogP contribution in [0.3, 0.4) is 0 Å². The maximum absolute atomic E-state index is 10.9. The Morgan fingerprint density at radius 1 is 1.12 bits per heavy atom. The number of carboxylic acids is 1. The van der Waals surface area contributed by atoms with Crippen molar-refractivity contribution in [3.05, 3.63) is 71.5 Å². The van der Waals surface area contributed by atoms with Crippen molar-refractivity contribution in [2.24, 2.45) is 0 Å². The fourth-order valence-corrected chi connectivity index (χ4v) is 3.73. The van der Waals surface area contributed by atoms with E-state index < -0.39 is 5.97 Å². The van der Waals surface area contributed by atoms with Crippen molar-refractivity contribution in [1.29, 1.82) is 0 Å². The molecule has 6 heteroatoms. The molecule has 2 aromatic heterocycles. The average Bonchev–Trinajstić information content (AvgIpc) is 3.23. The first-order chi connectivity index (χ1) is 12.2. The molecule has 0 radical (unpaired) electrons. The number of benzene rings is 2. The number of hydrogen-bond acceptors (Lipinski definition) is 4. The number of aromatic nitrogens is 3. The molecule has 4 aromatic rings. The van der Waals surface area contributed by atoms with Gasteiger partial charge in [0.05, 0.1) is 29.5 Å². The molecule has 2 heterocycles. The molecule has 0 aliphatic rings. The topological polar surface area (TPSA) is 68.0 Å². The van der Waals surface area contributed by atoms with Crippen LogP contribution in [0.5, 0.6) is 0 Å². The highest BCUT2D eigenvalue weighted by Gasteiger charge is 2.12. The molecule has 124 valence electrons. The third-order valence-electron chi connectivity index (χ3n) is 4.00. The van der Waals surface area contributed by atoms with Crippen molar-refractivity contribution >= 4 is 28.3 Å². The minimum Gasteiger partial charge on any atom is -0.481 e. The molecule has 0 unspecified atom stereocenters. The van der Waals surface area contributed by atoms with Crippen molar-refractivity contribution in [3.8, 4) is 10.6 Å². The summed E-state index contributed by atoms with van der Waals surface area (Å²) in [5, 5.41) is 11.6. The second kappa shape index (κ2) is 6.49. The molecule has 0 aliphatic carbocycles. The fourth-order valence-electron chi connectivity index (χ4n) is 2.85. The van der Waals surface area contributed by atoms with Gasteiger partial charge in [-0.05, 0) is 17.7 Å². The molecule has 0 saturated heterocycles. The second-order valence-electron chi connectivity index (χ2n) is 5.73. The number of carbonyl (C=O) groups is 1. The number of imidazole rings is 1. The van der Waals surface area contributed by atoms with Gasteiger partial charge >= 0.3 is 5.97 Å². The van der Waals surface area contributed by atoms with Gasteiger partial charge in [0.1, 0.15) is 5.01 Å². The molecule has 0 aliphatic heterocycles. The Morgan fingerprint density at radius 3 is 2.80 bits per heavy atom. The van der Waals surface area contributed by atoms with Gasteiger partial charge in [0.25, 0.3) is 0 Å². The molecule has 2 aromatic carbocycles. The van der Waals surface area contributed by atoms with Crippen LogP contribution in [0.15, 0.2) is 60.2 Å². The smallest absolute Gasteiger partial charge is 0.309 e. The van der Waals surface area contributed by atoms with Crippen LogP contribution in [0, 0.1) is 0 Å².